The number of amides is 1. The third kappa shape index (κ3) is 4.71. The van der Waals surface area contributed by atoms with Crippen LogP contribution in [0.1, 0.15) is 29.2 Å². The van der Waals surface area contributed by atoms with Crippen LogP contribution < -0.4 is 10.1 Å². The Morgan fingerprint density at radius 1 is 1.21 bits per heavy atom. The van der Waals surface area contributed by atoms with Gasteiger partial charge in [0.1, 0.15) is 5.60 Å². The zero-order valence-corrected chi connectivity index (χ0v) is 16.4. The Morgan fingerprint density at radius 3 is 2.64 bits per heavy atom. The molecular weight excluding hydrogens is 376 g/mol. The minimum absolute atomic E-state index is 0.271. The van der Waals surface area contributed by atoms with Crippen molar-refractivity contribution in [2.24, 2.45) is 0 Å². The molecule has 3 aromatic rings. The van der Waals surface area contributed by atoms with E-state index in [1.165, 1.54) is 18.4 Å². The molecule has 8 heteroatoms. The Bertz CT molecular complexity index is 1050. The van der Waals surface area contributed by atoms with E-state index in [1.807, 2.05) is 6.07 Å². The number of ether oxygens (including phenoxy) is 1. The Kier molecular flexibility index (Phi) is 5.68. The quantitative estimate of drug-likeness (QED) is 0.661. The van der Waals surface area contributed by atoms with Crippen LogP contribution in [0.2, 0.25) is 0 Å². The number of carbonyl (C=O) groups excluding carboxylic acids is 1. The van der Waals surface area contributed by atoms with Gasteiger partial charge in [0.15, 0.2) is 15.8 Å². The van der Waals surface area contributed by atoms with Crippen molar-refractivity contribution in [1.82, 2.24) is 15.2 Å². The summed E-state index contributed by atoms with van der Waals surface area (Å²) in [7, 11) is 1.52. The van der Waals surface area contributed by atoms with Gasteiger partial charge in [0.05, 0.1) is 18.4 Å². The molecule has 7 nitrogen and oxygen atoms in total. The summed E-state index contributed by atoms with van der Waals surface area (Å²) in [5, 5.41) is 21.8. The van der Waals surface area contributed by atoms with E-state index in [0.29, 0.717) is 32.6 Å². The Hall–Kier alpha value is -3.28. The number of aliphatic hydroxyl groups is 1. The molecule has 0 radical (unpaired) electrons. The maximum Gasteiger partial charge on any atom is 0.255 e. The van der Waals surface area contributed by atoms with Crippen LogP contribution in [-0.4, -0.2) is 38.9 Å². The predicted molar refractivity (Wildman–Crippen MR) is 107 cm³/mol. The molecule has 0 bridgehead atoms. The van der Waals surface area contributed by atoms with Crippen LogP contribution in [0, 0.1) is 11.8 Å². The summed E-state index contributed by atoms with van der Waals surface area (Å²) in [5.41, 5.74) is 0.577. The lowest BCUT2D eigenvalue weighted by molar-refractivity contribution is 0.102. The number of methoxy groups -OCH3 is 1. The Labute approximate surface area is 166 Å². The van der Waals surface area contributed by atoms with Crippen molar-refractivity contribution in [2.45, 2.75) is 19.4 Å². The molecule has 2 aromatic heterocycles. The number of pyridine rings is 1. The monoisotopic (exact) mass is 394 g/mol. The summed E-state index contributed by atoms with van der Waals surface area (Å²) in [5.74, 6) is 5.72. The standard InChI is InChI=1S/C20H18N4O3S/c1-20(2,26)10-7-16-23-24-19(28-16)14-5-4-6-15(17(14)27-3)22-18(25)13-8-11-21-12-9-13/h4-6,8-9,11-12,26H,1-3H3,(H,22,25). The molecule has 0 unspecified atom stereocenters. The number of nitrogens with one attached hydrogen (secondary N) is 1. The molecule has 0 aliphatic rings. The van der Waals surface area contributed by atoms with E-state index in [9.17, 15) is 9.90 Å². The normalized spacial score (nSPS) is 10.7. The van der Waals surface area contributed by atoms with E-state index in [0.717, 1.165) is 0 Å². The first kappa shape index (κ1) is 19.5. The van der Waals surface area contributed by atoms with Gasteiger partial charge in [0.25, 0.3) is 5.91 Å². The number of anilines is 1. The average Bonchev–Trinajstić information content (AvgIpc) is 3.15. The fourth-order valence-corrected chi connectivity index (χ4v) is 3.03. The summed E-state index contributed by atoms with van der Waals surface area (Å²) in [6.07, 6.45) is 3.11. The molecule has 0 saturated heterocycles. The van der Waals surface area contributed by atoms with Gasteiger partial charge in [-0.05, 0) is 44.0 Å². The first-order valence-corrected chi connectivity index (χ1v) is 9.17. The average molecular weight is 394 g/mol. The molecule has 0 fully saturated rings. The fraction of sp³-hybridized carbons (Fsp3) is 0.200. The fourth-order valence-electron chi connectivity index (χ4n) is 2.31. The summed E-state index contributed by atoms with van der Waals surface area (Å²) < 4.78 is 5.53. The lowest BCUT2D eigenvalue weighted by Gasteiger charge is -2.13. The third-order valence-electron chi connectivity index (χ3n) is 3.54. The number of nitrogens with zero attached hydrogens (tertiary/aromatic N) is 3. The lowest BCUT2D eigenvalue weighted by atomic mass is 10.1. The highest BCUT2D eigenvalue weighted by Gasteiger charge is 2.17. The predicted octanol–water partition coefficient (Wildman–Crippen LogP) is 2.98. The van der Waals surface area contributed by atoms with Gasteiger partial charge in [-0.3, -0.25) is 9.78 Å². The van der Waals surface area contributed by atoms with Crippen LogP contribution >= 0.6 is 11.3 Å². The topological polar surface area (TPSA) is 97.2 Å². The molecule has 28 heavy (non-hydrogen) atoms. The third-order valence-corrected chi connectivity index (χ3v) is 4.41. The minimum atomic E-state index is -1.11. The summed E-state index contributed by atoms with van der Waals surface area (Å²) in [4.78, 5) is 16.4. The van der Waals surface area contributed by atoms with E-state index < -0.39 is 5.60 Å². The Morgan fingerprint density at radius 2 is 1.96 bits per heavy atom. The smallest absolute Gasteiger partial charge is 0.255 e. The zero-order valence-electron chi connectivity index (χ0n) is 15.6. The molecule has 2 N–H and O–H groups in total. The number of carbonyl (C=O) groups is 1. The SMILES string of the molecule is COc1c(NC(=O)c2ccncc2)cccc1-c1nnc(C#CC(C)(C)O)s1. The largest absolute Gasteiger partial charge is 0.494 e. The molecular formula is C20H18N4O3S. The lowest BCUT2D eigenvalue weighted by Crippen LogP contribution is -2.14. The van der Waals surface area contributed by atoms with Gasteiger partial charge >= 0.3 is 0 Å². The van der Waals surface area contributed by atoms with Crippen LogP contribution in [0.4, 0.5) is 5.69 Å². The molecule has 2 heterocycles. The van der Waals surface area contributed by atoms with Crippen LogP contribution in [0.5, 0.6) is 5.75 Å². The highest BCUT2D eigenvalue weighted by molar-refractivity contribution is 7.15. The van der Waals surface area contributed by atoms with Crippen LogP contribution in [-0.2, 0) is 0 Å². The number of aromatic nitrogens is 3. The summed E-state index contributed by atoms with van der Waals surface area (Å²) in [6, 6.07) is 8.63. The highest BCUT2D eigenvalue weighted by Crippen LogP contribution is 2.37. The maximum atomic E-state index is 12.5. The van der Waals surface area contributed by atoms with Gasteiger partial charge < -0.3 is 15.2 Å². The molecule has 0 saturated carbocycles. The van der Waals surface area contributed by atoms with Gasteiger partial charge in [0, 0.05) is 18.0 Å². The van der Waals surface area contributed by atoms with Crippen molar-refractivity contribution in [1.29, 1.82) is 0 Å². The van der Waals surface area contributed by atoms with Gasteiger partial charge in [-0.15, -0.1) is 10.2 Å². The number of hydrogen-bond donors (Lipinski definition) is 2. The molecule has 0 aliphatic heterocycles. The minimum Gasteiger partial charge on any atom is -0.494 e. The van der Waals surface area contributed by atoms with Gasteiger partial charge in [-0.1, -0.05) is 23.3 Å². The van der Waals surface area contributed by atoms with E-state index in [2.05, 4.69) is 32.3 Å². The van der Waals surface area contributed by atoms with Gasteiger partial charge in [-0.2, -0.15) is 0 Å². The van der Waals surface area contributed by atoms with E-state index in [-0.39, 0.29) is 5.91 Å². The molecule has 142 valence electrons. The van der Waals surface area contributed by atoms with Crippen molar-refractivity contribution in [3.8, 4) is 28.2 Å². The second kappa shape index (κ2) is 8.17. The summed E-state index contributed by atoms with van der Waals surface area (Å²) in [6.45, 7) is 3.19. The van der Waals surface area contributed by atoms with Crippen molar-refractivity contribution >= 4 is 22.9 Å². The van der Waals surface area contributed by atoms with Crippen LogP contribution in [0.25, 0.3) is 10.6 Å². The van der Waals surface area contributed by atoms with E-state index >= 15 is 0 Å². The Balaban J connectivity index is 1.91. The van der Waals surface area contributed by atoms with Gasteiger partial charge in [0.2, 0.25) is 0 Å². The second-order valence-corrected chi connectivity index (χ2v) is 7.28. The number of para-hydroxylation sites is 1. The molecule has 3 rings (SSSR count). The van der Waals surface area contributed by atoms with Crippen molar-refractivity contribution in [2.75, 3.05) is 12.4 Å². The maximum absolute atomic E-state index is 12.5. The van der Waals surface area contributed by atoms with Crippen LogP contribution in [0.15, 0.2) is 42.7 Å². The molecule has 1 aromatic carbocycles. The first-order chi connectivity index (χ1) is 13.4. The molecule has 0 atom stereocenters. The number of rotatable bonds is 4. The summed E-state index contributed by atoms with van der Waals surface area (Å²) >= 11 is 1.27. The number of hydrogen-bond acceptors (Lipinski definition) is 7. The van der Waals surface area contributed by atoms with Crippen LogP contribution in [0.3, 0.4) is 0 Å². The van der Waals surface area contributed by atoms with Crippen molar-refractivity contribution in [3.63, 3.8) is 0 Å². The molecule has 1 amide bonds. The van der Waals surface area contributed by atoms with E-state index in [4.69, 9.17) is 4.74 Å². The zero-order chi connectivity index (χ0) is 20.1. The van der Waals surface area contributed by atoms with Gasteiger partial charge in [-0.25, -0.2) is 0 Å². The number of benzene rings is 1. The highest BCUT2D eigenvalue weighted by atomic mass is 32.1. The second-order valence-electron chi connectivity index (χ2n) is 6.30. The molecule has 0 spiro atoms. The van der Waals surface area contributed by atoms with E-state index in [1.54, 1.807) is 50.5 Å². The van der Waals surface area contributed by atoms with Crippen molar-refractivity contribution in [3.05, 3.63) is 53.3 Å². The van der Waals surface area contributed by atoms with Crippen molar-refractivity contribution < 1.29 is 14.6 Å². The first-order valence-electron chi connectivity index (χ1n) is 8.35. The molecule has 0 aliphatic carbocycles.